The summed E-state index contributed by atoms with van der Waals surface area (Å²) in [6.07, 6.45) is 3.02. The van der Waals surface area contributed by atoms with Gasteiger partial charge in [-0.2, -0.15) is 0 Å². The van der Waals surface area contributed by atoms with Crippen LogP contribution in [0.15, 0.2) is 23.8 Å². The average molecular weight is 271 g/mol. The number of carboxylic acids is 1. The molecular weight excluding hydrogens is 264 g/mol. The first kappa shape index (κ1) is 11.8. The van der Waals surface area contributed by atoms with E-state index in [1.54, 1.807) is 11.4 Å². The molecule has 0 fully saturated rings. The van der Waals surface area contributed by atoms with E-state index in [0.29, 0.717) is 16.5 Å². The molecule has 2 heterocycles. The van der Waals surface area contributed by atoms with Crippen LogP contribution in [0.25, 0.3) is 0 Å². The molecule has 0 unspecified atom stereocenters. The SMILES string of the molecule is O=C(O)c1nc(COc2cncc(Cl)c2)cs1. The van der Waals surface area contributed by atoms with Gasteiger partial charge in [-0.1, -0.05) is 11.6 Å². The molecule has 5 nitrogen and oxygen atoms in total. The number of nitrogens with zero attached hydrogens (tertiary/aromatic N) is 2. The lowest BCUT2D eigenvalue weighted by Crippen LogP contribution is -1.99. The van der Waals surface area contributed by atoms with Crippen molar-refractivity contribution >= 4 is 28.9 Å². The molecule has 2 aromatic heterocycles. The van der Waals surface area contributed by atoms with Crippen LogP contribution in [0, 0.1) is 0 Å². The number of carbonyl (C=O) groups is 1. The highest BCUT2D eigenvalue weighted by atomic mass is 35.5. The normalized spacial score (nSPS) is 10.2. The maximum Gasteiger partial charge on any atom is 0.365 e. The molecule has 17 heavy (non-hydrogen) atoms. The molecule has 2 rings (SSSR count). The summed E-state index contributed by atoms with van der Waals surface area (Å²) in [5.41, 5.74) is 0.562. The van der Waals surface area contributed by atoms with Crippen LogP contribution in [0.1, 0.15) is 15.5 Å². The van der Waals surface area contributed by atoms with Crippen LogP contribution in [-0.2, 0) is 6.61 Å². The smallest absolute Gasteiger partial charge is 0.365 e. The molecule has 0 amide bonds. The van der Waals surface area contributed by atoms with E-state index in [1.807, 2.05) is 0 Å². The summed E-state index contributed by atoms with van der Waals surface area (Å²) < 4.78 is 5.37. The third-order valence-corrected chi connectivity index (χ3v) is 2.89. The topological polar surface area (TPSA) is 72.3 Å². The predicted octanol–water partition coefficient (Wildman–Crippen LogP) is 2.47. The Morgan fingerprint density at radius 1 is 1.53 bits per heavy atom. The van der Waals surface area contributed by atoms with Crippen molar-refractivity contribution in [1.82, 2.24) is 9.97 Å². The zero-order valence-electron chi connectivity index (χ0n) is 8.46. The Kier molecular flexibility index (Phi) is 3.55. The quantitative estimate of drug-likeness (QED) is 0.924. The summed E-state index contributed by atoms with van der Waals surface area (Å²) in [6, 6.07) is 1.62. The van der Waals surface area contributed by atoms with E-state index in [2.05, 4.69) is 9.97 Å². The Bertz CT molecular complexity index is 544. The number of ether oxygens (including phenoxy) is 1. The van der Waals surface area contributed by atoms with Crippen molar-refractivity contribution in [2.75, 3.05) is 0 Å². The van der Waals surface area contributed by atoms with Crippen LogP contribution in [0.4, 0.5) is 0 Å². The first-order chi connectivity index (χ1) is 8.15. The number of rotatable bonds is 4. The number of carboxylic acid groups (broad SMARTS) is 1. The van der Waals surface area contributed by atoms with Gasteiger partial charge in [-0.05, 0) is 0 Å². The van der Waals surface area contributed by atoms with E-state index >= 15 is 0 Å². The summed E-state index contributed by atoms with van der Waals surface area (Å²) >= 11 is 6.80. The van der Waals surface area contributed by atoms with Crippen LogP contribution in [-0.4, -0.2) is 21.0 Å². The number of halogens is 1. The van der Waals surface area contributed by atoms with Gasteiger partial charge in [0.1, 0.15) is 12.4 Å². The fourth-order valence-electron chi connectivity index (χ4n) is 1.10. The second-order valence-electron chi connectivity index (χ2n) is 3.08. The largest absolute Gasteiger partial charge is 0.486 e. The molecule has 0 aromatic carbocycles. The molecule has 0 aliphatic heterocycles. The molecule has 88 valence electrons. The second-order valence-corrected chi connectivity index (χ2v) is 4.37. The van der Waals surface area contributed by atoms with Crippen molar-refractivity contribution in [2.24, 2.45) is 0 Å². The Morgan fingerprint density at radius 3 is 3.00 bits per heavy atom. The van der Waals surface area contributed by atoms with Crippen molar-refractivity contribution in [3.05, 3.63) is 39.6 Å². The molecule has 0 spiro atoms. The number of aromatic nitrogens is 2. The summed E-state index contributed by atoms with van der Waals surface area (Å²) in [6.45, 7) is 0.186. The minimum absolute atomic E-state index is 0.0489. The summed E-state index contributed by atoms with van der Waals surface area (Å²) in [5.74, 6) is -0.520. The maximum atomic E-state index is 10.6. The van der Waals surface area contributed by atoms with Crippen molar-refractivity contribution < 1.29 is 14.6 Å². The lowest BCUT2D eigenvalue weighted by atomic mass is 10.4. The van der Waals surface area contributed by atoms with Gasteiger partial charge in [-0.3, -0.25) is 4.98 Å². The van der Waals surface area contributed by atoms with Crippen molar-refractivity contribution in [1.29, 1.82) is 0 Å². The minimum atomic E-state index is -1.04. The molecule has 0 saturated heterocycles. The third-order valence-electron chi connectivity index (χ3n) is 1.80. The summed E-state index contributed by atoms with van der Waals surface area (Å²) in [4.78, 5) is 18.4. The number of thiazole rings is 1. The van der Waals surface area contributed by atoms with Gasteiger partial charge in [0.2, 0.25) is 5.01 Å². The second kappa shape index (κ2) is 5.11. The number of hydrogen-bond acceptors (Lipinski definition) is 5. The fourth-order valence-corrected chi connectivity index (χ4v) is 1.90. The van der Waals surface area contributed by atoms with Gasteiger partial charge in [0.25, 0.3) is 0 Å². The summed E-state index contributed by atoms with van der Waals surface area (Å²) in [5, 5.41) is 10.9. The Hall–Kier alpha value is -1.66. The number of hydrogen-bond donors (Lipinski definition) is 1. The molecule has 1 N–H and O–H groups in total. The van der Waals surface area contributed by atoms with Crippen LogP contribution in [0.5, 0.6) is 5.75 Å². The summed E-state index contributed by atoms with van der Waals surface area (Å²) in [7, 11) is 0. The van der Waals surface area contributed by atoms with E-state index in [0.717, 1.165) is 11.3 Å². The van der Waals surface area contributed by atoms with E-state index in [-0.39, 0.29) is 11.6 Å². The molecule has 0 radical (unpaired) electrons. The van der Waals surface area contributed by atoms with Crippen LogP contribution in [0.2, 0.25) is 5.02 Å². The minimum Gasteiger partial charge on any atom is -0.486 e. The zero-order valence-corrected chi connectivity index (χ0v) is 10.0. The molecule has 0 saturated carbocycles. The van der Waals surface area contributed by atoms with Gasteiger partial charge in [0, 0.05) is 17.6 Å². The van der Waals surface area contributed by atoms with Crippen molar-refractivity contribution in [3.8, 4) is 5.75 Å². The highest BCUT2D eigenvalue weighted by Gasteiger charge is 2.09. The van der Waals surface area contributed by atoms with Crippen LogP contribution in [0.3, 0.4) is 0 Å². The van der Waals surface area contributed by atoms with Gasteiger partial charge in [0.15, 0.2) is 0 Å². The van der Waals surface area contributed by atoms with E-state index in [9.17, 15) is 4.79 Å². The third kappa shape index (κ3) is 3.15. The van der Waals surface area contributed by atoms with Gasteiger partial charge < -0.3 is 9.84 Å². The number of pyridine rings is 1. The highest BCUT2D eigenvalue weighted by Crippen LogP contribution is 2.17. The molecule has 2 aromatic rings. The zero-order chi connectivity index (χ0) is 12.3. The lowest BCUT2D eigenvalue weighted by Gasteiger charge is -2.03. The Morgan fingerprint density at radius 2 is 2.35 bits per heavy atom. The van der Waals surface area contributed by atoms with Gasteiger partial charge >= 0.3 is 5.97 Å². The monoisotopic (exact) mass is 270 g/mol. The van der Waals surface area contributed by atoms with E-state index in [4.69, 9.17) is 21.4 Å². The van der Waals surface area contributed by atoms with E-state index < -0.39 is 5.97 Å². The van der Waals surface area contributed by atoms with Crippen LogP contribution >= 0.6 is 22.9 Å². The van der Waals surface area contributed by atoms with Gasteiger partial charge in [-0.25, -0.2) is 9.78 Å². The van der Waals surface area contributed by atoms with Crippen LogP contribution < -0.4 is 4.74 Å². The van der Waals surface area contributed by atoms with Gasteiger partial charge in [0.05, 0.1) is 16.9 Å². The molecule has 7 heteroatoms. The Labute approximate surface area is 106 Å². The first-order valence-corrected chi connectivity index (χ1v) is 5.82. The molecule has 0 aliphatic rings. The standard InChI is InChI=1S/C10H7ClN2O3S/c11-6-1-8(3-12-2-6)16-4-7-5-17-9(13-7)10(14)15/h1-3,5H,4H2,(H,14,15). The van der Waals surface area contributed by atoms with Crippen molar-refractivity contribution in [2.45, 2.75) is 6.61 Å². The number of aromatic carboxylic acids is 1. The molecule has 0 bridgehead atoms. The first-order valence-electron chi connectivity index (χ1n) is 4.56. The average Bonchev–Trinajstić information content (AvgIpc) is 2.75. The van der Waals surface area contributed by atoms with E-state index in [1.165, 1.54) is 12.4 Å². The van der Waals surface area contributed by atoms with Crippen molar-refractivity contribution in [3.63, 3.8) is 0 Å². The highest BCUT2D eigenvalue weighted by molar-refractivity contribution is 7.11. The maximum absolute atomic E-state index is 10.6. The molecule has 0 atom stereocenters. The lowest BCUT2D eigenvalue weighted by molar-refractivity contribution is 0.0696. The Balaban J connectivity index is 2.00. The fraction of sp³-hybridized carbons (Fsp3) is 0.100. The predicted molar refractivity (Wildman–Crippen MR) is 62.7 cm³/mol. The molecule has 0 aliphatic carbocycles. The molecular formula is C10H7ClN2O3S. The van der Waals surface area contributed by atoms with Gasteiger partial charge in [-0.15, -0.1) is 11.3 Å².